The van der Waals surface area contributed by atoms with E-state index in [0.29, 0.717) is 29.5 Å². The summed E-state index contributed by atoms with van der Waals surface area (Å²) in [5.74, 6) is 1.54. The molecular weight excluding hydrogens is 453 g/mol. The van der Waals surface area contributed by atoms with Crippen LogP contribution in [-0.2, 0) is 26.8 Å². The second-order valence-corrected chi connectivity index (χ2v) is 10.1. The van der Waals surface area contributed by atoms with Gasteiger partial charge in [0.15, 0.2) is 5.76 Å². The molecule has 8 nitrogen and oxygen atoms in total. The van der Waals surface area contributed by atoms with Crippen LogP contribution in [0.15, 0.2) is 59.3 Å². The molecule has 1 saturated carbocycles. The lowest BCUT2D eigenvalue weighted by Gasteiger charge is -2.17. The molecular formula is C25H31N3O5P+. The molecule has 1 aliphatic carbocycles. The summed E-state index contributed by atoms with van der Waals surface area (Å²) in [6.45, 7) is -0.246. The number of phosphoric ester groups is 1. The topological polar surface area (TPSA) is 112 Å². The first-order valence-electron chi connectivity index (χ1n) is 11.5. The van der Waals surface area contributed by atoms with Gasteiger partial charge in [0.2, 0.25) is 6.73 Å². The van der Waals surface area contributed by atoms with Gasteiger partial charge in [0, 0.05) is 19.6 Å². The van der Waals surface area contributed by atoms with Crippen LogP contribution in [0.2, 0.25) is 0 Å². The summed E-state index contributed by atoms with van der Waals surface area (Å²) >= 11 is 0. The summed E-state index contributed by atoms with van der Waals surface area (Å²) in [6.07, 6.45) is 13.5. The molecule has 9 heteroatoms. The number of hydrogen-bond acceptors (Lipinski definition) is 6. The van der Waals surface area contributed by atoms with Gasteiger partial charge in [0.05, 0.1) is 11.9 Å². The number of hydrogen-bond donors (Lipinski definition) is 2. The Morgan fingerprint density at radius 2 is 2.00 bits per heavy atom. The van der Waals surface area contributed by atoms with Crippen molar-refractivity contribution in [2.75, 3.05) is 12.8 Å². The van der Waals surface area contributed by atoms with Gasteiger partial charge in [0.25, 0.3) is 5.82 Å². The Kier molecular flexibility index (Phi) is 7.95. The van der Waals surface area contributed by atoms with Crippen molar-refractivity contribution in [2.45, 2.75) is 45.3 Å². The van der Waals surface area contributed by atoms with Crippen molar-refractivity contribution in [3.05, 3.63) is 71.6 Å². The van der Waals surface area contributed by atoms with E-state index in [4.69, 9.17) is 14.8 Å². The Labute approximate surface area is 199 Å². The van der Waals surface area contributed by atoms with E-state index in [9.17, 15) is 9.46 Å². The summed E-state index contributed by atoms with van der Waals surface area (Å²) < 4.78 is 27.9. The quantitative estimate of drug-likeness (QED) is 0.320. The fourth-order valence-corrected chi connectivity index (χ4v) is 4.50. The van der Waals surface area contributed by atoms with E-state index in [0.717, 1.165) is 18.4 Å². The average Bonchev–Trinajstić information content (AvgIpc) is 3.32. The van der Waals surface area contributed by atoms with Gasteiger partial charge in [0.1, 0.15) is 5.56 Å². The summed E-state index contributed by atoms with van der Waals surface area (Å²) in [5.41, 5.74) is 9.96. The first-order valence-corrected chi connectivity index (χ1v) is 13.0. The molecule has 0 bridgehead atoms. The monoisotopic (exact) mass is 484 g/mol. The Bertz CT molecular complexity index is 1170. The molecule has 1 fully saturated rings. The highest BCUT2D eigenvalue weighted by Gasteiger charge is 2.22. The molecule has 1 aromatic carbocycles. The van der Waals surface area contributed by atoms with E-state index in [-0.39, 0.29) is 6.73 Å². The fourth-order valence-electron chi connectivity index (χ4n) is 4.12. The number of pyridine rings is 1. The third kappa shape index (κ3) is 6.42. The van der Waals surface area contributed by atoms with E-state index in [1.807, 2.05) is 6.07 Å². The number of aromatic nitrogens is 2. The number of nitrogen functional groups attached to an aromatic ring is 1. The zero-order chi connectivity index (χ0) is 24.0. The highest BCUT2D eigenvalue weighted by atomic mass is 31.2. The van der Waals surface area contributed by atoms with Crippen LogP contribution in [-0.4, -0.2) is 17.2 Å². The van der Waals surface area contributed by atoms with Crippen molar-refractivity contribution in [2.24, 2.45) is 5.92 Å². The van der Waals surface area contributed by atoms with Crippen LogP contribution in [0.5, 0.6) is 0 Å². The zero-order valence-corrected chi connectivity index (χ0v) is 20.2. The SMILES string of the molecule is COP(=O)(O)OC[n+]1cccc(-c2cc(Cc3ccc(/C=C/C4CCCCC4)cc3)no2)c1N. The van der Waals surface area contributed by atoms with Crippen molar-refractivity contribution < 1.29 is 27.6 Å². The maximum atomic E-state index is 11.6. The van der Waals surface area contributed by atoms with Crippen LogP contribution in [0.25, 0.3) is 17.4 Å². The Balaban J connectivity index is 1.40. The van der Waals surface area contributed by atoms with Gasteiger partial charge in [-0.25, -0.2) is 13.7 Å². The van der Waals surface area contributed by atoms with Gasteiger partial charge in [-0.15, -0.1) is 0 Å². The van der Waals surface area contributed by atoms with Gasteiger partial charge in [-0.2, -0.15) is 0 Å². The largest absolute Gasteiger partial charge is 0.475 e. The summed E-state index contributed by atoms with van der Waals surface area (Å²) in [6, 6.07) is 13.9. The highest BCUT2D eigenvalue weighted by molar-refractivity contribution is 7.47. The molecule has 0 amide bonds. The Hall–Kier alpha value is -2.77. The number of phosphoric acid groups is 1. The van der Waals surface area contributed by atoms with Gasteiger partial charge >= 0.3 is 7.82 Å². The van der Waals surface area contributed by atoms with Crippen molar-refractivity contribution in [1.29, 1.82) is 0 Å². The van der Waals surface area contributed by atoms with Crippen LogP contribution >= 0.6 is 7.82 Å². The van der Waals surface area contributed by atoms with Crippen molar-refractivity contribution in [3.63, 3.8) is 0 Å². The zero-order valence-electron chi connectivity index (χ0n) is 19.3. The second-order valence-electron chi connectivity index (χ2n) is 8.54. The maximum absolute atomic E-state index is 11.6. The lowest BCUT2D eigenvalue weighted by molar-refractivity contribution is -0.711. The van der Waals surface area contributed by atoms with E-state index >= 15 is 0 Å². The minimum Gasteiger partial charge on any atom is -0.356 e. The lowest BCUT2D eigenvalue weighted by Crippen LogP contribution is -2.38. The molecule has 3 N–H and O–H groups in total. The fraction of sp³-hybridized carbons (Fsp3) is 0.360. The van der Waals surface area contributed by atoms with Crippen LogP contribution in [0.1, 0.15) is 48.9 Å². The number of allylic oxidation sites excluding steroid dienone is 1. The molecule has 1 unspecified atom stereocenters. The van der Waals surface area contributed by atoms with Crippen molar-refractivity contribution >= 4 is 19.7 Å². The molecule has 0 saturated heterocycles. The van der Waals surface area contributed by atoms with E-state index in [1.54, 1.807) is 18.3 Å². The third-order valence-electron chi connectivity index (χ3n) is 6.11. The van der Waals surface area contributed by atoms with E-state index < -0.39 is 7.82 Å². The van der Waals surface area contributed by atoms with Gasteiger partial charge in [-0.1, -0.05) is 60.8 Å². The molecule has 3 aromatic rings. The average molecular weight is 485 g/mol. The molecule has 1 atom stereocenters. The molecule has 180 valence electrons. The van der Waals surface area contributed by atoms with E-state index in [2.05, 4.69) is 46.1 Å². The van der Waals surface area contributed by atoms with Crippen molar-refractivity contribution in [1.82, 2.24) is 5.16 Å². The van der Waals surface area contributed by atoms with Crippen LogP contribution < -0.4 is 10.3 Å². The van der Waals surface area contributed by atoms with Crippen LogP contribution in [0.4, 0.5) is 5.82 Å². The number of nitrogens with zero attached hydrogens (tertiary/aromatic N) is 2. The molecule has 4 rings (SSSR count). The first-order chi connectivity index (χ1) is 16.4. The number of rotatable bonds is 9. The van der Waals surface area contributed by atoms with Gasteiger partial charge in [-0.05, 0) is 42.0 Å². The first kappa shape index (κ1) is 24.4. The van der Waals surface area contributed by atoms with Crippen LogP contribution in [0, 0.1) is 5.92 Å². The lowest BCUT2D eigenvalue weighted by atomic mass is 9.89. The van der Waals surface area contributed by atoms with Gasteiger partial charge in [-0.3, -0.25) is 10.3 Å². The maximum Gasteiger partial charge on any atom is 0.475 e. The second kappa shape index (κ2) is 11.1. The summed E-state index contributed by atoms with van der Waals surface area (Å²) in [7, 11) is -3.01. The molecule has 0 spiro atoms. The number of benzene rings is 1. The van der Waals surface area contributed by atoms with Crippen molar-refractivity contribution in [3.8, 4) is 11.3 Å². The number of nitrogens with two attached hydrogens (primary N) is 1. The smallest absolute Gasteiger partial charge is 0.356 e. The molecule has 2 heterocycles. The number of anilines is 1. The van der Waals surface area contributed by atoms with E-state index in [1.165, 1.54) is 42.2 Å². The van der Waals surface area contributed by atoms with Crippen LogP contribution in [0.3, 0.4) is 0 Å². The molecule has 0 aliphatic heterocycles. The third-order valence-corrected chi connectivity index (χ3v) is 7.01. The van der Waals surface area contributed by atoms with Gasteiger partial charge < -0.3 is 9.42 Å². The molecule has 1 aliphatic rings. The standard InChI is InChI=1S/C25H30N3O5P/c1-31-34(29,30)32-18-28-15-5-8-23(25(28)26)24-17-22(27-33-24)16-21-13-11-20(12-14-21)10-9-19-6-3-2-4-7-19/h5,8-15,17,19,26H,2-4,6-7,16,18H2,1H3,(H,29,30)/p+1/b10-9+. The Morgan fingerprint density at radius 1 is 1.24 bits per heavy atom. The molecule has 34 heavy (non-hydrogen) atoms. The molecule has 2 aromatic heterocycles. The predicted octanol–water partition coefficient (Wildman–Crippen LogP) is 5.12. The molecule has 0 radical (unpaired) electrons. The predicted molar refractivity (Wildman–Crippen MR) is 129 cm³/mol. The Morgan fingerprint density at radius 3 is 2.74 bits per heavy atom. The minimum atomic E-state index is -4.11. The minimum absolute atomic E-state index is 0.246. The highest BCUT2D eigenvalue weighted by Crippen LogP contribution is 2.41. The summed E-state index contributed by atoms with van der Waals surface area (Å²) in [5, 5.41) is 4.19. The normalized spacial score (nSPS) is 16.6. The summed E-state index contributed by atoms with van der Waals surface area (Å²) in [4.78, 5) is 9.44.